The van der Waals surface area contributed by atoms with Crippen LogP contribution in [-0.4, -0.2) is 18.8 Å². The third-order valence-corrected chi connectivity index (χ3v) is 3.57. The number of aryl methyl sites for hydroxylation is 1. The Labute approximate surface area is 75.1 Å². The molecule has 0 N–H and O–H groups in total. The van der Waals surface area contributed by atoms with Crippen molar-refractivity contribution in [3.63, 3.8) is 0 Å². The minimum atomic E-state index is -0.717. The summed E-state index contributed by atoms with van der Waals surface area (Å²) in [6.07, 6.45) is 6.65. The first-order valence-electron chi connectivity index (χ1n) is 3.86. The summed E-state index contributed by atoms with van der Waals surface area (Å²) in [5.74, 6) is -0.139. The largest absolute Gasteiger partial charge is 0.223 e. The maximum Gasteiger partial charge on any atom is 0.123 e. The molecule has 0 saturated carbocycles. The van der Waals surface area contributed by atoms with Gasteiger partial charge in [0.2, 0.25) is 0 Å². The van der Waals surface area contributed by atoms with Crippen molar-refractivity contribution in [3.05, 3.63) is 29.6 Å². The molecule has 0 unspecified atom stereocenters. The van der Waals surface area contributed by atoms with Crippen LogP contribution in [-0.2, 0) is 0 Å². The van der Waals surface area contributed by atoms with Gasteiger partial charge in [0, 0.05) is 0 Å². The Morgan fingerprint density at radius 3 is 2.17 bits per heavy atom. The van der Waals surface area contributed by atoms with Crippen LogP contribution < -0.4 is 0 Å². The maximum absolute atomic E-state index is 12.7. The Morgan fingerprint density at radius 1 is 1.17 bits per heavy atom. The van der Waals surface area contributed by atoms with E-state index in [0.717, 1.165) is 5.56 Å². The zero-order valence-corrected chi connectivity index (χ0v) is 8.83. The van der Waals surface area contributed by atoms with E-state index in [4.69, 9.17) is 0 Å². The van der Waals surface area contributed by atoms with Gasteiger partial charge in [-0.05, 0) is 54.3 Å². The van der Waals surface area contributed by atoms with E-state index >= 15 is 0 Å². The van der Waals surface area contributed by atoms with Crippen LogP contribution in [0.4, 0.5) is 4.39 Å². The van der Waals surface area contributed by atoms with Crippen LogP contribution in [0.25, 0.3) is 0 Å². The third-order valence-electron chi connectivity index (χ3n) is 1.80. The molecule has 0 amide bonds. The monoisotopic (exact) mass is 186 g/mol. The predicted octanol–water partition coefficient (Wildman–Crippen LogP) is 3.19. The fourth-order valence-corrected chi connectivity index (χ4v) is 2.80. The summed E-state index contributed by atoms with van der Waals surface area (Å²) in [4.78, 5) is 1.30. The normalized spacial score (nSPS) is 13.1. The van der Waals surface area contributed by atoms with Gasteiger partial charge in [-0.15, -0.1) is 0 Å². The minimum absolute atomic E-state index is 0.139. The summed E-state index contributed by atoms with van der Waals surface area (Å²) in [6, 6.07) is 5.05. The SMILES string of the molecule is Cc1cc(F)ccc1S(C)(C)C. The lowest BCUT2D eigenvalue weighted by Crippen LogP contribution is -1.96. The molecule has 1 aromatic rings. The molecule has 0 nitrogen and oxygen atoms in total. The Bertz CT molecular complexity index is 286. The second-order valence-electron chi connectivity index (χ2n) is 3.75. The lowest BCUT2D eigenvalue weighted by molar-refractivity contribution is 0.625. The van der Waals surface area contributed by atoms with Crippen molar-refractivity contribution in [2.45, 2.75) is 11.8 Å². The number of halogens is 1. The van der Waals surface area contributed by atoms with E-state index in [1.807, 2.05) is 13.0 Å². The van der Waals surface area contributed by atoms with Gasteiger partial charge in [0.15, 0.2) is 0 Å². The smallest absolute Gasteiger partial charge is 0.123 e. The van der Waals surface area contributed by atoms with Gasteiger partial charge in [-0.3, -0.25) is 0 Å². The van der Waals surface area contributed by atoms with Crippen molar-refractivity contribution in [1.29, 1.82) is 0 Å². The Kier molecular flexibility index (Phi) is 2.47. The van der Waals surface area contributed by atoms with Crippen LogP contribution in [0.15, 0.2) is 23.1 Å². The summed E-state index contributed by atoms with van der Waals surface area (Å²) < 4.78 is 12.7. The van der Waals surface area contributed by atoms with Crippen LogP contribution in [0.3, 0.4) is 0 Å². The number of hydrogen-bond donors (Lipinski definition) is 0. The van der Waals surface area contributed by atoms with Gasteiger partial charge in [0.25, 0.3) is 0 Å². The van der Waals surface area contributed by atoms with Crippen LogP contribution in [0.5, 0.6) is 0 Å². The molecule has 2 heteroatoms. The van der Waals surface area contributed by atoms with Crippen molar-refractivity contribution < 1.29 is 4.39 Å². The third kappa shape index (κ3) is 2.01. The molecule has 0 atom stereocenters. The van der Waals surface area contributed by atoms with Gasteiger partial charge in [-0.2, -0.15) is 0 Å². The quantitative estimate of drug-likeness (QED) is 0.632. The topological polar surface area (TPSA) is 0 Å². The molecule has 0 saturated heterocycles. The van der Waals surface area contributed by atoms with Crippen molar-refractivity contribution in [1.82, 2.24) is 0 Å². The summed E-state index contributed by atoms with van der Waals surface area (Å²) >= 11 is 0. The lowest BCUT2D eigenvalue weighted by atomic mass is 10.2. The first-order valence-corrected chi connectivity index (χ1v) is 6.71. The average molecular weight is 186 g/mol. The number of benzene rings is 1. The van der Waals surface area contributed by atoms with Crippen molar-refractivity contribution in [2.24, 2.45) is 0 Å². The highest BCUT2D eigenvalue weighted by Gasteiger charge is 2.10. The first kappa shape index (κ1) is 9.59. The van der Waals surface area contributed by atoms with E-state index in [0.29, 0.717) is 0 Å². The minimum Gasteiger partial charge on any atom is -0.223 e. The van der Waals surface area contributed by atoms with E-state index in [1.54, 1.807) is 12.1 Å². The van der Waals surface area contributed by atoms with Crippen LogP contribution in [0.1, 0.15) is 5.56 Å². The highest BCUT2D eigenvalue weighted by molar-refractivity contribution is 8.32. The standard InChI is InChI=1S/C10H15FS/c1-8-7-9(11)5-6-10(8)12(2,3)4/h5-7H,1-4H3. The fraction of sp³-hybridized carbons (Fsp3) is 0.400. The highest BCUT2D eigenvalue weighted by Crippen LogP contribution is 2.46. The molecule has 0 aliphatic heterocycles. The average Bonchev–Trinajstić information content (AvgIpc) is 1.83. The summed E-state index contributed by atoms with van der Waals surface area (Å²) in [5, 5.41) is 0. The van der Waals surface area contributed by atoms with E-state index in [2.05, 4.69) is 18.8 Å². The zero-order valence-electron chi connectivity index (χ0n) is 8.02. The van der Waals surface area contributed by atoms with Gasteiger partial charge in [0.05, 0.1) is 0 Å². The number of rotatable bonds is 1. The Morgan fingerprint density at radius 2 is 1.75 bits per heavy atom. The second kappa shape index (κ2) is 3.09. The molecule has 0 heterocycles. The molecule has 0 radical (unpaired) electrons. The lowest BCUT2D eigenvalue weighted by Gasteiger charge is -2.27. The molecular formula is C10H15FS. The van der Waals surface area contributed by atoms with Crippen LogP contribution >= 0.6 is 10.0 Å². The zero-order chi connectivity index (χ0) is 9.35. The molecular weight excluding hydrogens is 171 g/mol. The Hall–Kier alpha value is -0.500. The van der Waals surface area contributed by atoms with E-state index in [-0.39, 0.29) is 5.82 Å². The molecule has 1 aromatic carbocycles. The molecule has 0 aromatic heterocycles. The van der Waals surface area contributed by atoms with Gasteiger partial charge in [-0.25, -0.2) is 14.4 Å². The van der Waals surface area contributed by atoms with Crippen LogP contribution in [0.2, 0.25) is 0 Å². The molecule has 0 aliphatic carbocycles. The highest BCUT2D eigenvalue weighted by atomic mass is 32.3. The van der Waals surface area contributed by atoms with E-state index in [9.17, 15) is 4.39 Å². The summed E-state index contributed by atoms with van der Waals surface area (Å²) in [5.41, 5.74) is 1.07. The molecule has 1 rings (SSSR count). The predicted molar refractivity (Wildman–Crippen MR) is 54.8 cm³/mol. The van der Waals surface area contributed by atoms with Gasteiger partial charge in [-0.1, -0.05) is 0 Å². The van der Waals surface area contributed by atoms with E-state index in [1.165, 1.54) is 4.90 Å². The molecule has 68 valence electrons. The molecule has 0 spiro atoms. The first-order chi connectivity index (χ1) is 5.41. The van der Waals surface area contributed by atoms with Crippen molar-refractivity contribution >= 4 is 10.0 Å². The maximum atomic E-state index is 12.7. The summed E-state index contributed by atoms with van der Waals surface area (Å²) in [7, 11) is -0.717. The van der Waals surface area contributed by atoms with Gasteiger partial charge in [0.1, 0.15) is 5.82 Å². The fourth-order valence-electron chi connectivity index (χ4n) is 1.30. The molecule has 12 heavy (non-hydrogen) atoms. The van der Waals surface area contributed by atoms with Crippen molar-refractivity contribution in [3.8, 4) is 0 Å². The summed E-state index contributed by atoms with van der Waals surface area (Å²) in [6.45, 7) is 1.97. The Balaban J connectivity index is 3.19. The van der Waals surface area contributed by atoms with Crippen molar-refractivity contribution in [2.75, 3.05) is 18.8 Å². The second-order valence-corrected chi connectivity index (χ2v) is 7.86. The molecule has 0 fully saturated rings. The number of hydrogen-bond acceptors (Lipinski definition) is 0. The van der Waals surface area contributed by atoms with Crippen LogP contribution in [0, 0.1) is 12.7 Å². The molecule has 0 bridgehead atoms. The molecule has 0 aliphatic rings. The van der Waals surface area contributed by atoms with Gasteiger partial charge < -0.3 is 0 Å². The van der Waals surface area contributed by atoms with Gasteiger partial charge >= 0.3 is 0 Å². The van der Waals surface area contributed by atoms with E-state index < -0.39 is 10.0 Å².